The second-order valence-corrected chi connectivity index (χ2v) is 16.1. The number of rotatable bonds is 7. The molecule has 2 aliphatic heterocycles. The molecule has 5 aliphatic carbocycles. The Balaban J connectivity index is 1.15. The molecule has 4 saturated carbocycles. The molecule has 5 fully saturated rings. The lowest BCUT2D eigenvalue weighted by atomic mass is 9.41. The first kappa shape index (κ1) is 32.9. The molecule has 0 amide bonds. The van der Waals surface area contributed by atoms with Gasteiger partial charge in [0.15, 0.2) is 6.29 Å². The van der Waals surface area contributed by atoms with E-state index in [9.17, 15) is 25.2 Å². The summed E-state index contributed by atoms with van der Waals surface area (Å²) in [6.45, 7) is 5.01. The molecule has 0 aromatic carbocycles. The number of fused-ring (bicyclic) bond motifs is 5. The highest BCUT2D eigenvalue weighted by molar-refractivity contribution is 5.85. The normalized spacial score (nSPS) is 49.1. The van der Waals surface area contributed by atoms with Gasteiger partial charge in [-0.2, -0.15) is 0 Å². The van der Waals surface area contributed by atoms with E-state index < -0.39 is 41.2 Å². The summed E-state index contributed by atoms with van der Waals surface area (Å²) in [7, 11) is 0. The fourth-order valence-electron chi connectivity index (χ4n) is 11.4. The number of aliphatic imine (C=N–C) groups is 1. The van der Waals surface area contributed by atoms with Gasteiger partial charge in [0.2, 0.25) is 0 Å². The zero-order valence-corrected chi connectivity index (χ0v) is 27.7. The Labute approximate surface area is 273 Å². The zero-order valence-electron chi connectivity index (χ0n) is 27.7. The number of aliphatic hydroxyl groups excluding tert-OH is 2. The average molecular weight is 642 g/mol. The molecule has 0 aromatic heterocycles. The van der Waals surface area contributed by atoms with Crippen LogP contribution in [-0.4, -0.2) is 87.7 Å². The van der Waals surface area contributed by atoms with Crippen molar-refractivity contribution < 1.29 is 39.4 Å². The van der Waals surface area contributed by atoms with Gasteiger partial charge in [0.05, 0.1) is 29.5 Å². The number of aliphatic hydroxyl groups is 4. The maximum Gasteiger partial charge on any atom is 0.331 e. The predicted octanol–water partition coefficient (Wildman–Crippen LogP) is 4.54. The van der Waals surface area contributed by atoms with Gasteiger partial charge < -0.3 is 34.6 Å². The van der Waals surface area contributed by atoms with Crippen LogP contribution in [0.3, 0.4) is 0 Å². The lowest BCUT2D eigenvalue weighted by Crippen LogP contribution is -2.69. The minimum absolute atomic E-state index is 0.0271. The molecule has 46 heavy (non-hydrogen) atoms. The summed E-state index contributed by atoms with van der Waals surface area (Å²) in [6, 6.07) is 0. The number of hydrogen-bond donors (Lipinski definition) is 4. The Morgan fingerprint density at radius 3 is 2.63 bits per heavy atom. The third kappa shape index (κ3) is 5.36. The first-order valence-electron chi connectivity index (χ1n) is 18.2. The van der Waals surface area contributed by atoms with E-state index in [0.717, 1.165) is 56.9 Å². The fourth-order valence-corrected chi connectivity index (χ4v) is 11.4. The van der Waals surface area contributed by atoms with Crippen molar-refractivity contribution in [1.29, 1.82) is 0 Å². The molecule has 4 N–H and O–H groups in total. The van der Waals surface area contributed by atoms with E-state index in [4.69, 9.17) is 19.2 Å². The Hall–Kier alpha value is -1.62. The molecule has 7 aliphatic rings. The summed E-state index contributed by atoms with van der Waals surface area (Å²) >= 11 is 0. The van der Waals surface area contributed by atoms with E-state index in [1.807, 2.05) is 0 Å². The number of cyclic esters (lactones) is 1. The highest BCUT2D eigenvalue weighted by atomic mass is 16.7. The first-order chi connectivity index (χ1) is 22.0. The van der Waals surface area contributed by atoms with Gasteiger partial charge in [-0.3, -0.25) is 4.99 Å². The summed E-state index contributed by atoms with van der Waals surface area (Å²) < 4.78 is 17.6. The Kier molecular flexibility index (Phi) is 8.84. The van der Waals surface area contributed by atoms with Crippen LogP contribution in [0, 0.1) is 28.6 Å². The number of allylic oxidation sites excluding steroid dienone is 1. The molecule has 12 atom stereocenters. The Morgan fingerprint density at radius 1 is 1.07 bits per heavy atom. The molecule has 0 spiro atoms. The lowest BCUT2D eigenvalue weighted by molar-refractivity contribution is -0.282. The number of nitrogens with zero attached hydrogens (tertiary/aromatic N) is 1. The molecule has 9 heteroatoms. The third-order valence-electron chi connectivity index (χ3n) is 13.9. The van der Waals surface area contributed by atoms with Crippen LogP contribution in [0.2, 0.25) is 0 Å². The van der Waals surface area contributed by atoms with Crippen molar-refractivity contribution in [1.82, 2.24) is 0 Å². The summed E-state index contributed by atoms with van der Waals surface area (Å²) in [6.07, 6.45) is 15.3. The molecule has 0 radical (unpaired) electrons. The van der Waals surface area contributed by atoms with E-state index >= 15 is 0 Å². The van der Waals surface area contributed by atoms with E-state index in [2.05, 4.69) is 19.2 Å². The van der Waals surface area contributed by atoms with Gasteiger partial charge in [-0.25, -0.2) is 4.79 Å². The highest BCUT2D eigenvalue weighted by Gasteiger charge is 2.71. The van der Waals surface area contributed by atoms with Crippen LogP contribution < -0.4 is 0 Å². The second-order valence-electron chi connectivity index (χ2n) is 16.1. The van der Waals surface area contributed by atoms with Gasteiger partial charge >= 0.3 is 5.97 Å². The van der Waals surface area contributed by atoms with Crippen molar-refractivity contribution in [3.05, 3.63) is 23.3 Å². The molecule has 0 aromatic rings. The van der Waals surface area contributed by atoms with Gasteiger partial charge in [-0.1, -0.05) is 18.6 Å². The van der Waals surface area contributed by atoms with Gasteiger partial charge in [0.1, 0.15) is 12.7 Å². The first-order valence-corrected chi connectivity index (χ1v) is 18.2. The van der Waals surface area contributed by atoms with Crippen LogP contribution in [0.25, 0.3) is 0 Å². The number of carbonyl (C=O) groups excluding carboxylic acids is 1. The molecular weight excluding hydrogens is 586 g/mol. The smallest absolute Gasteiger partial charge is 0.331 e. The molecule has 2 heterocycles. The Morgan fingerprint density at radius 2 is 1.89 bits per heavy atom. The SMILES string of the molecule is C[C@@H]1O[C@H](O[C@@H]2CC[C@]3(C=NCCC4=CCCCC4)[C@H]4CC[C@]5(C)[C@H](C6=CC(=O)OC6)CC[C@]5(O)[C@@H]4CC[C@]3(O)C2)C[C@@H](O)[C@@H]1O. The van der Waals surface area contributed by atoms with E-state index in [0.29, 0.717) is 38.8 Å². The molecule has 7 rings (SSSR count). The van der Waals surface area contributed by atoms with Crippen molar-refractivity contribution in [2.24, 2.45) is 33.6 Å². The molecule has 256 valence electrons. The molecular formula is C37H55NO8. The lowest BCUT2D eigenvalue weighted by Gasteiger charge is -2.66. The van der Waals surface area contributed by atoms with Crippen molar-refractivity contribution in [3.63, 3.8) is 0 Å². The predicted molar refractivity (Wildman–Crippen MR) is 172 cm³/mol. The van der Waals surface area contributed by atoms with Crippen molar-refractivity contribution in [2.75, 3.05) is 13.2 Å². The van der Waals surface area contributed by atoms with Crippen LogP contribution in [0.4, 0.5) is 0 Å². The summed E-state index contributed by atoms with van der Waals surface area (Å²) in [5, 5.41) is 46.0. The topological polar surface area (TPSA) is 138 Å². The molecule has 9 nitrogen and oxygen atoms in total. The second kappa shape index (κ2) is 12.4. The third-order valence-corrected chi connectivity index (χ3v) is 13.9. The Bertz CT molecular complexity index is 1250. The fraction of sp³-hybridized carbons (Fsp3) is 0.838. The van der Waals surface area contributed by atoms with E-state index in [-0.39, 0.29) is 41.7 Å². The van der Waals surface area contributed by atoms with Crippen molar-refractivity contribution in [2.45, 2.75) is 152 Å². The van der Waals surface area contributed by atoms with Gasteiger partial charge in [0, 0.05) is 42.5 Å². The summed E-state index contributed by atoms with van der Waals surface area (Å²) in [5.41, 5.74) is -0.341. The van der Waals surface area contributed by atoms with E-state index in [1.54, 1.807) is 13.0 Å². The maximum absolute atomic E-state index is 12.8. The number of ether oxygens (including phenoxy) is 3. The minimum Gasteiger partial charge on any atom is -0.458 e. The molecule has 1 saturated heterocycles. The summed E-state index contributed by atoms with van der Waals surface area (Å²) in [5.74, 6) is -0.0448. The monoisotopic (exact) mass is 641 g/mol. The summed E-state index contributed by atoms with van der Waals surface area (Å²) in [4.78, 5) is 17.1. The largest absolute Gasteiger partial charge is 0.458 e. The maximum atomic E-state index is 12.8. The number of carbonyl (C=O) groups is 1. The van der Waals surface area contributed by atoms with Crippen LogP contribution in [0.15, 0.2) is 28.3 Å². The van der Waals surface area contributed by atoms with Gasteiger partial charge in [-0.15, -0.1) is 0 Å². The zero-order chi connectivity index (χ0) is 32.3. The average Bonchev–Trinajstić information content (AvgIpc) is 3.58. The standard InChI is InChI=1S/C37H55NO8/c1-23-33(41)30(39)19-32(45-23)46-26-8-14-35(22-38-17-12-24-6-4-3-5-7-24)28-9-13-34(2)27(25-18-31(40)44-21-25)11-16-37(34,43)29(28)10-15-36(35,42)20-26/h6,18,22-23,26-30,32-33,39,41-43H,3-5,7-17,19-21H2,1-2H3/t23-,26+,27-,28-,29+,30+,32+,33+,34+,35-,36-,37-/m0/s1. The number of esters is 1. The van der Waals surface area contributed by atoms with Crippen molar-refractivity contribution in [3.8, 4) is 0 Å². The van der Waals surface area contributed by atoms with E-state index in [1.165, 1.54) is 18.4 Å². The number of hydrogen-bond acceptors (Lipinski definition) is 9. The quantitative estimate of drug-likeness (QED) is 0.138. The molecule has 0 unspecified atom stereocenters. The highest BCUT2D eigenvalue weighted by Crippen LogP contribution is 2.70. The van der Waals surface area contributed by atoms with Crippen LogP contribution >= 0.6 is 0 Å². The minimum atomic E-state index is -1.04. The van der Waals surface area contributed by atoms with Gasteiger partial charge in [0.25, 0.3) is 0 Å². The van der Waals surface area contributed by atoms with Crippen LogP contribution in [0.1, 0.15) is 110 Å². The molecule has 0 bridgehead atoms. The van der Waals surface area contributed by atoms with Crippen LogP contribution in [0.5, 0.6) is 0 Å². The van der Waals surface area contributed by atoms with Gasteiger partial charge in [-0.05, 0) is 114 Å². The van der Waals surface area contributed by atoms with Crippen LogP contribution in [-0.2, 0) is 19.0 Å². The van der Waals surface area contributed by atoms with Crippen molar-refractivity contribution >= 4 is 12.2 Å².